The molecule has 1 aliphatic heterocycles. The zero-order valence-corrected chi connectivity index (χ0v) is 12.3. The Morgan fingerprint density at radius 1 is 1.32 bits per heavy atom. The maximum atomic E-state index is 5.98. The van der Waals surface area contributed by atoms with Gasteiger partial charge < -0.3 is 10.1 Å². The van der Waals surface area contributed by atoms with Crippen molar-refractivity contribution in [2.75, 3.05) is 13.2 Å². The molecule has 0 aromatic heterocycles. The van der Waals surface area contributed by atoms with E-state index in [4.69, 9.17) is 4.74 Å². The maximum absolute atomic E-state index is 5.98. The van der Waals surface area contributed by atoms with Crippen molar-refractivity contribution in [3.05, 3.63) is 35.4 Å². The zero-order chi connectivity index (χ0) is 13.5. The van der Waals surface area contributed by atoms with Gasteiger partial charge in [0.1, 0.15) is 0 Å². The van der Waals surface area contributed by atoms with Crippen molar-refractivity contribution in [3.8, 4) is 0 Å². The molecule has 1 N–H and O–H groups in total. The van der Waals surface area contributed by atoms with Crippen LogP contribution in [0.25, 0.3) is 0 Å². The standard InChI is InChI=1S/C17H27NO/c1-3-8-14-9-7-10-15(13-14)17(18-4-2)16-11-5-6-12-19-16/h7,9-10,13,16-18H,3-6,8,11-12H2,1-2H3. The Bertz CT molecular complexity index is 371. The number of ether oxygens (including phenoxy) is 1. The minimum Gasteiger partial charge on any atom is -0.376 e. The smallest absolute Gasteiger partial charge is 0.0769 e. The van der Waals surface area contributed by atoms with Gasteiger partial charge in [-0.25, -0.2) is 0 Å². The van der Waals surface area contributed by atoms with Crippen LogP contribution < -0.4 is 5.32 Å². The van der Waals surface area contributed by atoms with Crippen LogP contribution in [-0.2, 0) is 11.2 Å². The van der Waals surface area contributed by atoms with Gasteiger partial charge in [-0.05, 0) is 43.4 Å². The molecule has 1 aromatic rings. The van der Waals surface area contributed by atoms with E-state index in [-0.39, 0.29) is 0 Å². The van der Waals surface area contributed by atoms with Crippen molar-refractivity contribution >= 4 is 0 Å². The van der Waals surface area contributed by atoms with Crippen LogP contribution in [-0.4, -0.2) is 19.3 Å². The molecule has 1 heterocycles. The van der Waals surface area contributed by atoms with Gasteiger partial charge in [0.05, 0.1) is 12.1 Å². The van der Waals surface area contributed by atoms with Crippen molar-refractivity contribution in [1.82, 2.24) is 5.32 Å². The highest BCUT2D eigenvalue weighted by Crippen LogP contribution is 2.27. The summed E-state index contributed by atoms with van der Waals surface area (Å²) in [6.07, 6.45) is 6.39. The van der Waals surface area contributed by atoms with E-state index >= 15 is 0 Å². The Morgan fingerprint density at radius 3 is 2.89 bits per heavy atom. The summed E-state index contributed by atoms with van der Waals surface area (Å²) in [6, 6.07) is 9.37. The van der Waals surface area contributed by atoms with E-state index < -0.39 is 0 Å². The monoisotopic (exact) mass is 261 g/mol. The summed E-state index contributed by atoms with van der Waals surface area (Å²) in [6.45, 7) is 6.31. The van der Waals surface area contributed by atoms with Crippen molar-refractivity contribution in [2.24, 2.45) is 0 Å². The first kappa shape index (κ1) is 14.5. The second-order valence-corrected chi connectivity index (χ2v) is 5.44. The first-order valence-corrected chi connectivity index (χ1v) is 7.79. The van der Waals surface area contributed by atoms with Crippen molar-refractivity contribution in [1.29, 1.82) is 0 Å². The first-order chi connectivity index (χ1) is 9.35. The molecule has 1 aromatic carbocycles. The van der Waals surface area contributed by atoms with Crippen LogP contribution in [0.4, 0.5) is 0 Å². The molecule has 19 heavy (non-hydrogen) atoms. The Hall–Kier alpha value is -0.860. The van der Waals surface area contributed by atoms with E-state index in [0.29, 0.717) is 12.1 Å². The van der Waals surface area contributed by atoms with Crippen molar-refractivity contribution in [3.63, 3.8) is 0 Å². The van der Waals surface area contributed by atoms with E-state index in [0.717, 1.165) is 19.6 Å². The van der Waals surface area contributed by atoms with Gasteiger partial charge in [0.2, 0.25) is 0 Å². The van der Waals surface area contributed by atoms with E-state index in [1.165, 1.54) is 36.8 Å². The van der Waals surface area contributed by atoms with Crippen LogP contribution in [0.2, 0.25) is 0 Å². The molecule has 0 amide bonds. The molecular formula is C17H27NO. The molecule has 2 rings (SSSR count). The van der Waals surface area contributed by atoms with Gasteiger partial charge in [-0.1, -0.05) is 44.5 Å². The van der Waals surface area contributed by atoms with Crippen molar-refractivity contribution in [2.45, 2.75) is 58.1 Å². The highest BCUT2D eigenvalue weighted by molar-refractivity contribution is 5.27. The van der Waals surface area contributed by atoms with Crippen LogP contribution in [0.15, 0.2) is 24.3 Å². The molecule has 0 radical (unpaired) electrons. The van der Waals surface area contributed by atoms with Crippen LogP contribution in [0.5, 0.6) is 0 Å². The van der Waals surface area contributed by atoms with Gasteiger partial charge >= 0.3 is 0 Å². The Balaban J connectivity index is 2.14. The molecule has 1 fully saturated rings. The Labute approximate surface area is 117 Å². The van der Waals surface area contributed by atoms with Crippen LogP contribution >= 0.6 is 0 Å². The summed E-state index contributed by atoms with van der Waals surface area (Å²) >= 11 is 0. The number of likely N-dealkylation sites (N-methyl/N-ethyl adjacent to an activating group) is 1. The van der Waals surface area contributed by atoms with Crippen LogP contribution in [0.3, 0.4) is 0 Å². The number of nitrogens with one attached hydrogen (secondary N) is 1. The first-order valence-electron chi connectivity index (χ1n) is 7.79. The maximum Gasteiger partial charge on any atom is 0.0769 e. The van der Waals surface area contributed by atoms with E-state index in [1.54, 1.807) is 0 Å². The molecule has 1 saturated heterocycles. The normalized spacial score (nSPS) is 21.3. The predicted octanol–water partition coefficient (Wildman–Crippen LogP) is 3.86. The fourth-order valence-corrected chi connectivity index (χ4v) is 2.94. The molecule has 2 nitrogen and oxygen atoms in total. The molecule has 0 bridgehead atoms. The van der Waals surface area contributed by atoms with E-state index in [1.807, 2.05) is 0 Å². The Morgan fingerprint density at radius 2 is 2.21 bits per heavy atom. The van der Waals surface area contributed by atoms with Gasteiger partial charge in [0, 0.05) is 6.61 Å². The minimum absolute atomic E-state index is 0.338. The second-order valence-electron chi connectivity index (χ2n) is 5.44. The molecule has 0 saturated carbocycles. The summed E-state index contributed by atoms with van der Waals surface area (Å²) in [7, 11) is 0. The summed E-state index contributed by atoms with van der Waals surface area (Å²) in [5.74, 6) is 0. The molecule has 2 atom stereocenters. The lowest BCUT2D eigenvalue weighted by molar-refractivity contribution is -0.00787. The molecule has 106 valence electrons. The average molecular weight is 261 g/mol. The SMILES string of the molecule is CCCc1cccc(C(NCC)C2CCCCO2)c1. The number of aryl methyl sites for hydroxylation is 1. The lowest BCUT2D eigenvalue weighted by Gasteiger charge is -2.31. The molecule has 2 heteroatoms. The zero-order valence-electron chi connectivity index (χ0n) is 12.3. The topological polar surface area (TPSA) is 21.3 Å². The lowest BCUT2D eigenvalue weighted by Crippen LogP contribution is -2.36. The molecule has 0 aliphatic carbocycles. The fourth-order valence-electron chi connectivity index (χ4n) is 2.94. The van der Waals surface area contributed by atoms with Gasteiger partial charge in [-0.15, -0.1) is 0 Å². The Kier molecular flexibility index (Phi) is 5.87. The number of hydrogen-bond acceptors (Lipinski definition) is 2. The van der Waals surface area contributed by atoms with Gasteiger partial charge in [0.15, 0.2) is 0 Å². The summed E-state index contributed by atoms with van der Waals surface area (Å²) in [5, 5.41) is 3.61. The van der Waals surface area contributed by atoms with E-state index in [9.17, 15) is 0 Å². The minimum atomic E-state index is 0.338. The number of benzene rings is 1. The highest BCUT2D eigenvalue weighted by Gasteiger charge is 2.25. The summed E-state index contributed by atoms with van der Waals surface area (Å²) in [5.41, 5.74) is 2.83. The quantitative estimate of drug-likeness (QED) is 0.839. The van der Waals surface area contributed by atoms with Gasteiger partial charge in [-0.2, -0.15) is 0 Å². The third-order valence-corrected chi connectivity index (χ3v) is 3.86. The van der Waals surface area contributed by atoms with Crippen LogP contribution in [0.1, 0.15) is 56.7 Å². The summed E-state index contributed by atoms with van der Waals surface area (Å²) in [4.78, 5) is 0. The molecular weight excluding hydrogens is 234 g/mol. The molecule has 2 unspecified atom stereocenters. The number of hydrogen-bond donors (Lipinski definition) is 1. The highest BCUT2D eigenvalue weighted by atomic mass is 16.5. The third-order valence-electron chi connectivity index (χ3n) is 3.86. The third kappa shape index (κ3) is 4.05. The average Bonchev–Trinajstić information content (AvgIpc) is 2.46. The summed E-state index contributed by atoms with van der Waals surface area (Å²) < 4.78 is 5.98. The largest absolute Gasteiger partial charge is 0.376 e. The number of rotatable bonds is 6. The van der Waals surface area contributed by atoms with Crippen molar-refractivity contribution < 1.29 is 4.74 Å². The fraction of sp³-hybridized carbons (Fsp3) is 0.647. The van der Waals surface area contributed by atoms with E-state index in [2.05, 4.69) is 43.4 Å². The van der Waals surface area contributed by atoms with Gasteiger partial charge in [0.25, 0.3) is 0 Å². The molecule has 1 aliphatic rings. The lowest BCUT2D eigenvalue weighted by atomic mass is 9.94. The molecule has 0 spiro atoms. The second kappa shape index (κ2) is 7.66. The predicted molar refractivity (Wildman–Crippen MR) is 80.4 cm³/mol. The van der Waals surface area contributed by atoms with Crippen LogP contribution in [0, 0.1) is 0 Å². The van der Waals surface area contributed by atoms with Gasteiger partial charge in [-0.3, -0.25) is 0 Å².